The van der Waals surface area contributed by atoms with E-state index in [4.69, 9.17) is 4.74 Å². The molecule has 0 unspecified atom stereocenters. The minimum Gasteiger partial charge on any atom is -0.450 e. The highest BCUT2D eigenvalue weighted by molar-refractivity contribution is 6.03. The maximum atomic E-state index is 15.9. The van der Waals surface area contributed by atoms with Crippen LogP contribution in [0.15, 0.2) is 77.9 Å². The second-order valence-electron chi connectivity index (χ2n) is 10.4. The van der Waals surface area contributed by atoms with Crippen molar-refractivity contribution in [1.29, 1.82) is 0 Å². The Morgan fingerprint density at radius 2 is 1.82 bits per heavy atom. The zero-order valence-corrected chi connectivity index (χ0v) is 22.1. The number of carbonyl (C=O) groups excluding carboxylic acids is 1. The standard InChI is InChI=1S/C32H27FN4O3/c1-35(17-13-21-9-4-5-14-34-21)32(39)24-19-37-26-12-11-20-8-2-3-10-22(20)30(26)40-31-27(37)23(29(24)38)18-25(33)28(31)36-15-6-7-16-36/h2-5,8-12,14,18-19H,6-7,13,15-17H2,1H3. The van der Waals surface area contributed by atoms with Gasteiger partial charge < -0.3 is 19.1 Å². The van der Waals surface area contributed by atoms with Crippen molar-refractivity contribution in [2.75, 3.05) is 31.6 Å². The number of fused-ring (bicyclic) bond motifs is 4. The molecule has 3 aromatic carbocycles. The van der Waals surface area contributed by atoms with Gasteiger partial charge in [0, 0.05) is 56.6 Å². The lowest BCUT2D eigenvalue weighted by molar-refractivity contribution is 0.0794. The van der Waals surface area contributed by atoms with Gasteiger partial charge in [0.25, 0.3) is 5.91 Å². The summed E-state index contributed by atoms with van der Waals surface area (Å²) in [6, 6.07) is 18.7. The largest absolute Gasteiger partial charge is 0.450 e. The number of benzene rings is 3. The van der Waals surface area contributed by atoms with Crippen LogP contribution in [0, 0.1) is 5.82 Å². The topological polar surface area (TPSA) is 67.7 Å². The molecule has 5 aromatic rings. The molecule has 0 saturated carbocycles. The van der Waals surface area contributed by atoms with E-state index in [1.807, 2.05) is 64.1 Å². The third kappa shape index (κ3) is 3.82. The van der Waals surface area contributed by atoms with Crippen LogP contribution in [0.3, 0.4) is 0 Å². The van der Waals surface area contributed by atoms with Crippen LogP contribution in [-0.2, 0) is 6.42 Å². The predicted molar refractivity (Wildman–Crippen MR) is 153 cm³/mol. The molecule has 40 heavy (non-hydrogen) atoms. The first-order chi connectivity index (χ1) is 19.5. The van der Waals surface area contributed by atoms with Crippen molar-refractivity contribution in [2.45, 2.75) is 19.3 Å². The average molecular weight is 535 g/mol. The molecule has 1 fully saturated rings. The summed E-state index contributed by atoms with van der Waals surface area (Å²) in [6.45, 7) is 1.80. The third-order valence-electron chi connectivity index (χ3n) is 7.92. The van der Waals surface area contributed by atoms with Crippen molar-refractivity contribution in [3.05, 3.63) is 100 Å². The summed E-state index contributed by atoms with van der Waals surface area (Å²) in [5.41, 5.74) is 1.86. The van der Waals surface area contributed by atoms with Crippen LogP contribution in [0.1, 0.15) is 28.9 Å². The second kappa shape index (κ2) is 9.48. The van der Waals surface area contributed by atoms with Crippen molar-refractivity contribution < 1.29 is 13.9 Å². The van der Waals surface area contributed by atoms with E-state index in [0.717, 1.165) is 29.3 Å². The molecule has 7 nitrogen and oxygen atoms in total. The molecule has 2 aliphatic heterocycles. The Hall–Kier alpha value is -4.72. The summed E-state index contributed by atoms with van der Waals surface area (Å²) in [7, 11) is 1.66. The van der Waals surface area contributed by atoms with Gasteiger partial charge in [-0.15, -0.1) is 0 Å². The number of anilines is 1. The molecule has 2 aromatic heterocycles. The van der Waals surface area contributed by atoms with Gasteiger partial charge in [0.05, 0.1) is 11.1 Å². The van der Waals surface area contributed by atoms with Gasteiger partial charge in [-0.3, -0.25) is 14.6 Å². The van der Waals surface area contributed by atoms with Gasteiger partial charge in [-0.2, -0.15) is 0 Å². The van der Waals surface area contributed by atoms with Crippen molar-refractivity contribution in [3.63, 3.8) is 0 Å². The number of aromatic nitrogens is 2. The van der Waals surface area contributed by atoms with Crippen LogP contribution in [0.4, 0.5) is 10.1 Å². The van der Waals surface area contributed by atoms with Gasteiger partial charge in [-0.25, -0.2) is 4.39 Å². The maximum Gasteiger partial charge on any atom is 0.259 e. The zero-order chi connectivity index (χ0) is 27.4. The molecule has 7 rings (SSSR count). The van der Waals surface area contributed by atoms with E-state index in [-0.39, 0.29) is 10.9 Å². The van der Waals surface area contributed by atoms with E-state index >= 15 is 4.39 Å². The summed E-state index contributed by atoms with van der Waals surface area (Å²) < 4.78 is 24.2. The summed E-state index contributed by atoms with van der Waals surface area (Å²) in [5.74, 6) is -0.0558. The molecule has 4 heterocycles. The van der Waals surface area contributed by atoms with Gasteiger partial charge in [0.15, 0.2) is 17.3 Å². The fourth-order valence-electron chi connectivity index (χ4n) is 5.86. The number of likely N-dealkylation sites (N-methyl/N-ethyl adjacent to an activating group) is 1. The molecule has 0 radical (unpaired) electrons. The van der Waals surface area contributed by atoms with E-state index in [1.165, 1.54) is 11.0 Å². The van der Waals surface area contributed by atoms with Gasteiger partial charge >= 0.3 is 0 Å². The number of carbonyl (C=O) groups is 1. The Bertz CT molecular complexity index is 1860. The van der Waals surface area contributed by atoms with Crippen molar-refractivity contribution in [1.82, 2.24) is 14.5 Å². The Morgan fingerprint density at radius 3 is 2.62 bits per heavy atom. The molecule has 0 atom stereocenters. The van der Waals surface area contributed by atoms with Crippen LogP contribution in [0.2, 0.25) is 0 Å². The molecule has 1 saturated heterocycles. The third-order valence-corrected chi connectivity index (χ3v) is 7.92. The molecule has 0 spiro atoms. The quantitative estimate of drug-likeness (QED) is 0.284. The predicted octanol–water partition coefficient (Wildman–Crippen LogP) is 5.70. The molecule has 200 valence electrons. The Kier molecular flexibility index (Phi) is 5.77. The Labute approximate surface area is 230 Å². The molecule has 0 N–H and O–H groups in total. The van der Waals surface area contributed by atoms with Crippen LogP contribution in [-0.4, -0.2) is 47.0 Å². The molecular weight excluding hydrogens is 507 g/mol. The first-order valence-corrected chi connectivity index (χ1v) is 13.5. The van der Waals surface area contributed by atoms with Crippen LogP contribution >= 0.6 is 0 Å². The summed E-state index contributed by atoms with van der Waals surface area (Å²) >= 11 is 0. The van der Waals surface area contributed by atoms with E-state index in [0.29, 0.717) is 54.4 Å². The fourth-order valence-corrected chi connectivity index (χ4v) is 5.86. The van der Waals surface area contributed by atoms with E-state index in [1.54, 1.807) is 19.4 Å². The maximum absolute atomic E-state index is 15.9. The normalized spacial score (nSPS) is 13.9. The van der Waals surface area contributed by atoms with Gasteiger partial charge in [0.2, 0.25) is 5.43 Å². The molecule has 2 aliphatic rings. The Balaban J connectivity index is 1.42. The minimum absolute atomic E-state index is 0.0173. The van der Waals surface area contributed by atoms with E-state index < -0.39 is 17.2 Å². The molecular formula is C32H27FN4O3. The number of hydrogen-bond acceptors (Lipinski definition) is 5. The number of pyridine rings is 2. The smallest absolute Gasteiger partial charge is 0.259 e. The number of nitrogens with zero attached hydrogens (tertiary/aromatic N) is 4. The molecule has 8 heteroatoms. The monoisotopic (exact) mass is 534 g/mol. The SMILES string of the molecule is CN(CCc1ccccn1)C(=O)c1cn2c3c(c(N4CCCC4)c(F)cc3c1=O)Oc1c-2ccc2ccccc12. The first-order valence-electron chi connectivity index (χ1n) is 13.5. The lowest BCUT2D eigenvalue weighted by Crippen LogP contribution is -2.33. The highest BCUT2D eigenvalue weighted by Crippen LogP contribution is 2.49. The van der Waals surface area contributed by atoms with E-state index in [9.17, 15) is 9.59 Å². The lowest BCUT2D eigenvalue weighted by atomic mass is 10.0. The minimum atomic E-state index is -0.523. The van der Waals surface area contributed by atoms with Crippen LogP contribution in [0.25, 0.3) is 27.4 Å². The number of hydrogen-bond donors (Lipinski definition) is 0. The van der Waals surface area contributed by atoms with Crippen molar-refractivity contribution >= 4 is 33.3 Å². The van der Waals surface area contributed by atoms with Gasteiger partial charge in [-0.05, 0) is 42.5 Å². The van der Waals surface area contributed by atoms with E-state index in [2.05, 4.69) is 4.98 Å². The highest BCUT2D eigenvalue weighted by atomic mass is 19.1. The molecule has 0 aliphatic carbocycles. The van der Waals surface area contributed by atoms with Gasteiger partial charge in [-0.1, -0.05) is 36.4 Å². The number of ether oxygens (including phenoxy) is 1. The highest BCUT2D eigenvalue weighted by Gasteiger charge is 2.32. The first kappa shape index (κ1) is 24.3. The number of rotatable bonds is 5. The van der Waals surface area contributed by atoms with Crippen LogP contribution in [0.5, 0.6) is 11.5 Å². The van der Waals surface area contributed by atoms with Gasteiger partial charge in [0.1, 0.15) is 16.8 Å². The average Bonchev–Trinajstić information content (AvgIpc) is 3.51. The summed E-state index contributed by atoms with van der Waals surface area (Å²) in [5, 5.41) is 1.97. The summed E-state index contributed by atoms with van der Waals surface area (Å²) in [6.07, 6.45) is 5.77. The number of halogens is 1. The number of amides is 1. The zero-order valence-electron chi connectivity index (χ0n) is 22.1. The van der Waals surface area contributed by atoms with Crippen molar-refractivity contribution in [2.24, 2.45) is 0 Å². The molecule has 1 amide bonds. The van der Waals surface area contributed by atoms with Crippen molar-refractivity contribution in [3.8, 4) is 17.2 Å². The molecule has 0 bridgehead atoms. The lowest BCUT2D eigenvalue weighted by Gasteiger charge is -2.30. The second-order valence-corrected chi connectivity index (χ2v) is 10.4. The Morgan fingerprint density at radius 1 is 1.02 bits per heavy atom. The van der Waals surface area contributed by atoms with Crippen LogP contribution < -0.4 is 15.1 Å². The summed E-state index contributed by atoms with van der Waals surface area (Å²) in [4.78, 5) is 35.3. The fraction of sp³-hybridized carbons (Fsp3) is 0.219.